The zero-order valence-corrected chi connectivity index (χ0v) is 48.6. The van der Waals surface area contributed by atoms with Gasteiger partial charge in [-0.15, -0.1) is 0 Å². The van der Waals surface area contributed by atoms with Crippen molar-refractivity contribution in [1.82, 2.24) is 0 Å². The van der Waals surface area contributed by atoms with E-state index in [9.17, 15) is 0 Å². The van der Waals surface area contributed by atoms with E-state index in [0.717, 1.165) is 0 Å². The maximum Gasteiger partial charge on any atom is 0.328 e. The van der Waals surface area contributed by atoms with Gasteiger partial charge in [-0.25, -0.2) is 0 Å². The lowest BCUT2D eigenvalue weighted by Crippen LogP contribution is -2.70. The average molecular weight is 985 g/mol. The van der Waals surface area contributed by atoms with Crippen molar-refractivity contribution in [3.63, 3.8) is 0 Å². The van der Waals surface area contributed by atoms with Crippen LogP contribution in [0.15, 0.2) is 109 Å². The minimum atomic E-state index is -0.211. The highest BCUT2D eigenvalue weighted by Crippen LogP contribution is 2.65. The largest absolute Gasteiger partial charge is 0.400 e. The van der Waals surface area contributed by atoms with Gasteiger partial charge in [-0.3, -0.25) is 0 Å². The molecule has 13 rings (SSSR count). The Hall–Kier alpha value is -5.80. The predicted octanol–water partition coefficient (Wildman–Crippen LogP) is 18.2. The van der Waals surface area contributed by atoms with Crippen LogP contribution in [-0.2, 0) is 32.5 Å². The molecule has 7 aromatic carbocycles. The first kappa shape index (κ1) is 48.8. The van der Waals surface area contributed by atoms with E-state index in [1.165, 1.54) is 156 Å². The van der Waals surface area contributed by atoms with Gasteiger partial charge in [-0.05, 0) is 212 Å². The molecule has 0 N–H and O–H groups in total. The molecule has 2 atom stereocenters. The van der Waals surface area contributed by atoms with Crippen molar-refractivity contribution in [1.29, 1.82) is 0 Å². The number of aryl methyl sites for hydroxylation is 3. The molecule has 2 nitrogen and oxygen atoms in total. The van der Waals surface area contributed by atoms with Crippen LogP contribution in [0.2, 0.25) is 0 Å². The van der Waals surface area contributed by atoms with E-state index in [-0.39, 0.29) is 44.9 Å². The second-order valence-electron chi connectivity index (χ2n) is 29.0. The Kier molecular flexibility index (Phi) is 10.1. The Morgan fingerprint density at radius 2 is 1.08 bits per heavy atom. The number of hydrogen-bond donors (Lipinski definition) is 0. The molecule has 0 aromatic heterocycles. The summed E-state index contributed by atoms with van der Waals surface area (Å²) in [6, 6.07) is 44.9. The number of anilines is 4. The van der Waals surface area contributed by atoms with Crippen molar-refractivity contribution in [3.05, 3.63) is 165 Å². The van der Waals surface area contributed by atoms with Crippen molar-refractivity contribution in [3.8, 4) is 44.5 Å². The zero-order valence-electron chi connectivity index (χ0n) is 48.6. The Bertz CT molecular complexity index is 3600. The smallest absolute Gasteiger partial charge is 0.328 e. The van der Waals surface area contributed by atoms with Crippen molar-refractivity contribution in [2.45, 2.75) is 194 Å². The highest BCUT2D eigenvalue weighted by Gasteiger charge is 2.63. The van der Waals surface area contributed by atoms with Crippen LogP contribution >= 0.6 is 0 Å². The minimum absolute atomic E-state index is 0.00617. The molecule has 0 radical (unpaired) electrons. The van der Waals surface area contributed by atoms with Gasteiger partial charge in [-0.2, -0.15) is 0 Å². The normalized spacial score (nSPS) is 22.0. The highest BCUT2D eigenvalue weighted by molar-refractivity contribution is 6.93. The average Bonchev–Trinajstić information content (AvgIpc) is 3.73. The molecule has 3 aliphatic carbocycles. The first-order valence-electron chi connectivity index (χ1n) is 28.8. The predicted molar refractivity (Wildman–Crippen MR) is 324 cm³/mol. The van der Waals surface area contributed by atoms with Gasteiger partial charge in [0.15, 0.2) is 0 Å². The fraction of sp³-hybridized carbons (Fsp3) is 0.417. The topological polar surface area (TPSA) is 6.48 Å². The Morgan fingerprint density at radius 3 is 1.75 bits per heavy atom. The SMILES string of the molecule is Cc1cc(C)c(-c2cc3c4c(c2)N(c2ccc(C(C)(C)C)cc2-c2ccccc2)c2cc5c(cc2B4N2c4c-3cc(C(C)(C)C)cc4C3(C)CCCCC23C)-c2cc3c(cc2C5(C)C)C(C)(C)CCC3(C)C)c(C)c1. The number of rotatable bonds is 3. The van der Waals surface area contributed by atoms with Crippen LogP contribution in [0.25, 0.3) is 44.5 Å². The van der Waals surface area contributed by atoms with Crippen molar-refractivity contribution in [2.75, 3.05) is 9.71 Å². The molecule has 0 saturated heterocycles. The molecule has 0 amide bonds. The van der Waals surface area contributed by atoms with E-state index < -0.39 is 0 Å². The minimum Gasteiger partial charge on any atom is -0.400 e. The fourth-order valence-corrected chi connectivity index (χ4v) is 16.1. The number of benzene rings is 7. The summed E-state index contributed by atoms with van der Waals surface area (Å²) >= 11 is 0. The summed E-state index contributed by atoms with van der Waals surface area (Å²) in [6.45, 7) is 41.7. The van der Waals surface area contributed by atoms with Crippen LogP contribution in [-0.4, -0.2) is 12.4 Å². The van der Waals surface area contributed by atoms with Crippen LogP contribution in [0.3, 0.4) is 0 Å². The van der Waals surface area contributed by atoms with E-state index in [1.54, 1.807) is 16.7 Å². The lowest BCUT2D eigenvalue weighted by atomic mass is 9.42. The van der Waals surface area contributed by atoms with Crippen LogP contribution < -0.4 is 20.6 Å². The van der Waals surface area contributed by atoms with Gasteiger partial charge in [0.2, 0.25) is 0 Å². The lowest BCUT2D eigenvalue weighted by molar-refractivity contribution is 0.199. The van der Waals surface area contributed by atoms with E-state index in [1.807, 2.05) is 0 Å². The second kappa shape index (κ2) is 15.4. The van der Waals surface area contributed by atoms with Gasteiger partial charge in [-0.1, -0.05) is 175 Å². The molecule has 0 spiro atoms. The van der Waals surface area contributed by atoms with E-state index in [2.05, 4.69) is 237 Å². The third-order valence-electron chi connectivity index (χ3n) is 20.8. The molecule has 6 aliphatic rings. The molecule has 0 bridgehead atoms. The van der Waals surface area contributed by atoms with Crippen molar-refractivity contribution in [2.24, 2.45) is 0 Å². The number of fused-ring (bicyclic) bond motifs is 11. The van der Waals surface area contributed by atoms with Gasteiger partial charge in [0.1, 0.15) is 0 Å². The Labute approximate surface area is 451 Å². The molecule has 382 valence electrons. The quantitative estimate of drug-likeness (QED) is 0.163. The van der Waals surface area contributed by atoms with Crippen molar-refractivity contribution < 1.29 is 0 Å². The van der Waals surface area contributed by atoms with E-state index >= 15 is 0 Å². The molecular formula is C72H81BN2. The summed E-state index contributed by atoms with van der Waals surface area (Å²) in [6.07, 6.45) is 7.30. The molecule has 1 saturated carbocycles. The summed E-state index contributed by atoms with van der Waals surface area (Å²) in [5, 5.41) is 0. The summed E-state index contributed by atoms with van der Waals surface area (Å²) in [7, 11) is 0. The third kappa shape index (κ3) is 6.64. The number of nitrogens with zero attached hydrogens (tertiary/aromatic N) is 2. The van der Waals surface area contributed by atoms with Gasteiger partial charge in [0.05, 0.1) is 5.69 Å². The standard InChI is InChI=1S/C72H81BN2/c1-42-31-43(2)63(44(3)32-42)46-33-52-53-36-48(67(7,8)9)37-58-65(53)75(72(17)28-22-21-27-71(58,72)16)73-59-39-51-50-38-56-57(69(12,13)30-29-68(56,10)11)40-54(50)70(14,15)55(51)41-61(59)74(62(34-46)64(52)73)60-26-25-47(66(4,5)6)35-49(60)45-23-19-18-20-24-45/h18-20,23-26,31-41H,21-22,27-30H2,1-17H3. The first-order valence-corrected chi connectivity index (χ1v) is 28.8. The Morgan fingerprint density at radius 1 is 0.467 bits per heavy atom. The lowest BCUT2D eigenvalue weighted by Gasteiger charge is -2.55. The van der Waals surface area contributed by atoms with Crippen LogP contribution in [0.4, 0.5) is 22.7 Å². The van der Waals surface area contributed by atoms with Gasteiger partial charge in [0, 0.05) is 44.6 Å². The fourth-order valence-electron chi connectivity index (χ4n) is 16.1. The first-order chi connectivity index (χ1) is 35.2. The van der Waals surface area contributed by atoms with Crippen LogP contribution in [0, 0.1) is 20.8 Å². The van der Waals surface area contributed by atoms with Crippen LogP contribution in [0.5, 0.6) is 0 Å². The highest BCUT2D eigenvalue weighted by atomic mass is 15.2. The molecule has 3 aliphatic heterocycles. The van der Waals surface area contributed by atoms with Gasteiger partial charge >= 0.3 is 6.85 Å². The monoisotopic (exact) mass is 985 g/mol. The molecule has 7 aromatic rings. The van der Waals surface area contributed by atoms with Gasteiger partial charge in [0.25, 0.3) is 0 Å². The molecule has 2 unspecified atom stereocenters. The zero-order chi connectivity index (χ0) is 53.1. The summed E-state index contributed by atoms with van der Waals surface area (Å²) in [5.74, 6) is 0. The molecular weight excluding hydrogens is 904 g/mol. The molecule has 3 heteroatoms. The summed E-state index contributed by atoms with van der Waals surface area (Å²) in [5.41, 5.74) is 33.3. The summed E-state index contributed by atoms with van der Waals surface area (Å²) < 4.78 is 0. The van der Waals surface area contributed by atoms with E-state index in [0.29, 0.717) is 0 Å². The van der Waals surface area contributed by atoms with Crippen molar-refractivity contribution >= 4 is 40.5 Å². The molecule has 1 fully saturated rings. The maximum atomic E-state index is 3.06. The van der Waals surface area contributed by atoms with Gasteiger partial charge < -0.3 is 9.71 Å². The van der Waals surface area contributed by atoms with E-state index in [4.69, 9.17) is 0 Å². The maximum absolute atomic E-state index is 3.06. The van der Waals surface area contributed by atoms with Crippen LogP contribution in [0.1, 0.15) is 191 Å². The molecule has 3 heterocycles. The Balaban J connectivity index is 1.21. The summed E-state index contributed by atoms with van der Waals surface area (Å²) in [4.78, 5) is 5.83. The molecule has 75 heavy (non-hydrogen) atoms. The number of hydrogen-bond acceptors (Lipinski definition) is 2. The second-order valence-corrected chi connectivity index (χ2v) is 29.0. The third-order valence-corrected chi connectivity index (χ3v) is 20.8.